The molecular formula is C17H30ClN3. The van der Waals surface area contributed by atoms with Crippen LogP contribution in [0.2, 0.25) is 5.15 Å². The van der Waals surface area contributed by atoms with Crippen LogP contribution in [0.5, 0.6) is 0 Å². The minimum Gasteiger partial charge on any atom is -0.316 e. The molecule has 1 fully saturated rings. The zero-order valence-electron chi connectivity index (χ0n) is 14.0. The van der Waals surface area contributed by atoms with Gasteiger partial charge in [-0.2, -0.15) is 5.10 Å². The Labute approximate surface area is 134 Å². The fraction of sp³-hybridized carbons (Fsp3) is 0.824. The average Bonchev–Trinajstić information content (AvgIpc) is 2.67. The summed E-state index contributed by atoms with van der Waals surface area (Å²) in [5.41, 5.74) is 2.36. The standard InChI is InChI=1S/C17H30ClN3/c1-12(2)10-19-11-15-8-6-5-7-14(15)9-16-13(3)20-21(4)17(16)18/h12,14-15,19H,5-11H2,1-4H3. The van der Waals surface area contributed by atoms with Gasteiger partial charge in [0.25, 0.3) is 0 Å². The maximum atomic E-state index is 6.41. The molecule has 0 bridgehead atoms. The molecule has 120 valence electrons. The van der Waals surface area contributed by atoms with Crippen LogP contribution < -0.4 is 5.32 Å². The van der Waals surface area contributed by atoms with Crippen molar-refractivity contribution in [3.63, 3.8) is 0 Å². The highest BCUT2D eigenvalue weighted by atomic mass is 35.5. The molecule has 0 aliphatic heterocycles. The number of aryl methyl sites for hydroxylation is 2. The van der Waals surface area contributed by atoms with E-state index in [1.807, 2.05) is 7.05 Å². The summed E-state index contributed by atoms with van der Waals surface area (Å²) in [5.74, 6) is 2.26. The smallest absolute Gasteiger partial charge is 0.130 e. The van der Waals surface area contributed by atoms with E-state index in [4.69, 9.17) is 11.6 Å². The molecule has 2 unspecified atom stereocenters. The van der Waals surface area contributed by atoms with E-state index in [1.165, 1.54) is 31.2 Å². The van der Waals surface area contributed by atoms with Crippen molar-refractivity contribution in [1.82, 2.24) is 15.1 Å². The number of aromatic nitrogens is 2. The van der Waals surface area contributed by atoms with Gasteiger partial charge in [-0.15, -0.1) is 0 Å². The molecule has 3 nitrogen and oxygen atoms in total. The molecule has 0 amide bonds. The predicted molar refractivity (Wildman–Crippen MR) is 89.8 cm³/mol. The van der Waals surface area contributed by atoms with E-state index in [9.17, 15) is 0 Å². The van der Waals surface area contributed by atoms with Crippen LogP contribution in [0.3, 0.4) is 0 Å². The predicted octanol–water partition coefficient (Wildman–Crippen LogP) is 3.98. The first kappa shape index (κ1) is 16.8. The Morgan fingerprint density at radius 2 is 1.95 bits per heavy atom. The first-order valence-corrected chi connectivity index (χ1v) is 8.75. The first-order valence-electron chi connectivity index (χ1n) is 8.37. The van der Waals surface area contributed by atoms with Crippen molar-refractivity contribution in [2.45, 2.75) is 52.9 Å². The van der Waals surface area contributed by atoms with E-state index in [1.54, 1.807) is 4.68 Å². The van der Waals surface area contributed by atoms with Crippen LogP contribution in [0.4, 0.5) is 0 Å². The third-order valence-electron chi connectivity index (χ3n) is 4.76. The van der Waals surface area contributed by atoms with Gasteiger partial charge in [0.05, 0.1) is 5.69 Å². The number of halogens is 1. The molecule has 1 N–H and O–H groups in total. The highest BCUT2D eigenvalue weighted by Crippen LogP contribution is 2.34. The number of nitrogens with zero attached hydrogens (tertiary/aromatic N) is 2. The summed E-state index contributed by atoms with van der Waals surface area (Å²) in [4.78, 5) is 0. The molecule has 4 heteroatoms. The normalized spacial score (nSPS) is 23.0. The van der Waals surface area contributed by atoms with Gasteiger partial charge in [0.2, 0.25) is 0 Å². The fourth-order valence-corrected chi connectivity index (χ4v) is 3.80. The Balaban J connectivity index is 1.98. The van der Waals surface area contributed by atoms with Gasteiger partial charge in [-0.25, -0.2) is 0 Å². The molecule has 0 saturated heterocycles. The van der Waals surface area contributed by atoms with Gasteiger partial charge >= 0.3 is 0 Å². The van der Waals surface area contributed by atoms with Crippen molar-refractivity contribution in [3.05, 3.63) is 16.4 Å². The lowest BCUT2D eigenvalue weighted by Crippen LogP contribution is -2.33. The Bertz CT molecular complexity index is 453. The average molecular weight is 312 g/mol. The topological polar surface area (TPSA) is 29.9 Å². The van der Waals surface area contributed by atoms with Gasteiger partial charge in [0, 0.05) is 12.6 Å². The number of rotatable bonds is 6. The zero-order valence-corrected chi connectivity index (χ0v) is 14.7. The van der Waals surface area contributed by atoms with Crippen molar-refractivity contribution >= 4 is 11.6 Å². The summed E-state index contributed by atoms with van der Waals surface area (Å²) in [6.45, 7) is 8.89. The summed E-state index contributed by atoms with van der Waals surface area (Å²) >= 11 is 6.41. The Hall–Kier alpha value is -0.540. The molecule has 1 aromatic heterocycles. The molecule has 2 atom stereocenters. The lowest BCUT2D eigenvalue weighted by atomic mass is 9.76. The van der Waals surface area contributed by atoms with Gasteiger partial charge < -0.3 is 5.32 Å². The third kappa shape index (κ3) is 4.46. The summed E-state index contributed by atoms with van der Waals surface area (Å²) < 4.78 is 1.81. The maximum Gasteiger partial charge on any atom is 0.130 e. The molecule has 2 rings (SSSR count). The van der Waals surface area contributed by atoms with Crippen molar-refractivity contribution in [2.24, 2.45) is 24.8 Å². The lowest BCUT2D eigenvalue weighted by molar-refractivity contribution is 0.226. The Morgan fingerprint density at radius 3 is 2.52 bits per heavy atom. The van der Waals surface area contributed by atoms with Gasteiger partial charge in [-0.05, 0) is 57.0 Å². The van der Waals surface area contributed by atoms with E-state index in [0.717, 1.165) is 48.1 Å². The SMILES string of the molecule is Cc1nn(C)c(Cl)c1CC1CCCCC1CNCC(C)C. The number of hydrogen-bond acceptors (Lipinski definition) is 2. The van der Waals surface area contributed by atoms with Crippen molar-refractivity contribution in [3.8, 4) is 0 Å². The zero-order chi connectivity index (χ0) is 15.4. The molecule has 1 aromatic rings. The number of hydrogen-bond donors (Lipinski definition) is 1. The van der Waals surface area contributed by atoms with Crippen LogP contribution in [0.15, 0.2) is 0 Å². The quantitative estimate of drug-likeness (QED) is 0.861. The van der Waals surface area contributed by atoms with E-state index < -0.39 is 0 Å². The van der Waals surface area contributed by atoms with Crippen LogP contribution in [0.25, 0.3) is 0 Å². The highest BCUT2D eigenvalue weighted by Gasteiger charge is 2.27. The second-order valence-corrected chi connectivity index (χ2v) is 7.40. The van der Waals surface area contributed by atoms with Gasteiger partial charge in [0.1, 0.15) is 5.15 Å². The molecule has 1 heterocycles. The van der Waals surface area contributed by atoms with E-state index in [-0.39, 0.29) is 0 Å². The van der Waals surface area contributed by atoms with Gasteiger partial charge in [-0.3, -0.25) is 4.68 Å². The molecule has 1 saturated carbocycles. The summed E-state index contributed by atoms with van der Waals surface area (Å²) in [6, 6.07) is 0. The molecule has 0 spiro atoms. The van der Waals surface area contributed by atoms with Gasteiger partial charge in [0.15, 0.2) is 0 Å². The second-order valence-electron chi connectivity index (χ2n) is 7.04. The van der Waals surface area contributed by atoms with Gasteiger partial charge in [-0.1, -0.05) is 38.3 Å². The molecule has 0 radical (unpaired) electrons. The molecule has 1 aliphatic rings. The molecular weight excluding hydrogens is 282 g/mol. The first-order chi connectivity index (χ1) is 9.99. The Kier molecular flexibility index (Phi) is 6.12. The Morgan fingerprint density at radius 1 is 1.29 bits per heavy atom. The molecule has 0 aromatic carbocycles. The van der Waals surface area contributed by atoms with Crippen LogP contribution in [-0.4, -0.2) is 22.9 Å². The van der Waals surface area contributed by atoms with Crippen molar-refractivity contribution < 1.29 is 0 Å². The monoisotopic (exact) mass is 311 g/mol. The minimum atomic E-state index is 0.724. The van der Waals surface area contributed by atoms with Crippen LogP contribution in [-0.2, 0) is 13.5 Å². The van der Waals surface area contributed by atoms with Crippen LogP contribution in [0.1, 0.15) is 50.8 Å². The third-order valence-corrected chi connectivity index (χ3v) is 5.23. The van der Waals surface area contributed by atoms with E-state index >= 15 is 0 Å². The summed E-state index contributed by atoms with van der Waals surface area (Å²) in [7, 11) is 1.93. The van der Waals surface area contributed by atoms with Crippen LogP contribution in [0, 0.1) is 24.7 Å². The van der Waals surface area contributed by atoms with Crippen molar-refractivity contribution in [1.29, 1.82) is 0 Å². The van der Waals surface area contributed by atoms with E-state index in [2.05, 4.69) is 31.2 Å². The minimum absolute atomic E-state index is 0.724. The lowest BCUT2D eigenvalue weighted by Gasteiger charge is -2.32. The highest BCUT2D eigenvalue weighted by molar-refractivity contribution is 6.30. The fourth-order valence-electron chi connectivity index (χ4n) is 3.55. The number of nitrogens with one attached hydrogen (secondary N) is 1. The summed E-state index contributed by atoms with van der Waals surface area (Å²) in [5, 5.41) is 8.93. The summed E-state index contributed by atoms with van der Waals surface area (Å²) in [6.07, 6.45) is 6.52. The van der Waals surface area contributed by atoms with E-state index in [0.29, 0.717) is 0 Å². The largest absolute Gasteiger partial charge is 0.316 e. The molecule has 1 aliphatic carbocycles. The maximum absolute atomic E-state index is 6.41. The van der Waals surface area contributed by atoms with Crippen molar-refractivity contribution in [2.75, 3.05) is 13.1 Å². The molecule has 21 heavy (non-hydrogen) atoms. The second kappa shape index (κ2) is 7.64. The van der Waals surface area contributed by atoms with Crippen LogP contribution >= 0.6 is 11.6 Å².